The topological polar surface area (TPSA) is 128 Å². The predicted molar refractivity (Wildman–Crippen MR) is 109 cm³/mol. The van der Waals surface area contributed by atoms with Gasteiger partial charge in [-0.3, -0.25) is 9.59 Å². The van der Waals surface area contributed by atoms with Gasteiger partial charge in [-0.05, 0) is 30.9 Å². The lowest BCUT2D eigenvalue weighted by Gasteiger charge is -2.27. The van der Waals surface area contributed by atoms with Crippen molar-refractivity contribution in [2.45, 2.75) is 63.5 Å². The second kappa shape index (κ2) is 12.1. The van der Waals surface area contributed by atoms with E-state index in [-0.39, 0.29) is 25.4 Å². The molecule has 1 aliphatic carbocycles. The minimum absolute atomic E-state index is 0.125. The lowest BCUT2D eigenvalue weighted by molar-refractivity contribution is -0.125. The molecule has 160 valence electrons. The number of nitrogens with one attached hydrogen (secondary N) is 3. The van der Waals surface area contributed by atoms with E-state index >= 15 is 0 Å². The van der Waals surface area contributed by atoms with Crippen LogP contribution in [0.4, 0.5) is 10.5 Å². The molecule has 29 heavy (non-hydrogen) atoms. The maximum absolute atomic E-state index is 12.6. The van der Waals surface area contributed by atoms with Crippen molar-refractivity contribution in [3.63, 3.8) is 0 Å². The van der Waals surface area contributed by atoms with E-state index in [4.69, 9.17) is 5.11 Å². The van der Waals surface area contributed by atoms with Crippen molar-refractivity contribution in [2.24, 2.45) is 5.92 Å². The van der Waals surface area contributed by atoms with Crippen molar-refractivity contribution in [3.8, 4) is 0 Å². The molecule has 5 N–H and O–H groups in total. The summed E-state index contributed by atoms with van der Waals surface area (Å²) in [6.07, 6.45) is 4.95. The Labute approximate surface area is 171 Å². The molecule has 0 unspecified atom stereocenters. The maximum Gasteiger partial charge on any atom is 0.405 e. The van der Waals surface area contributed by atoms with Crippen molar-refractivity contribution < 1.29 is 24.6 Å². The van der Waals surface area contributed by atoms with Crippen LogP contribution in [-0.4, -0.2) is 46.8 Å². The first-order valence-electron chi connectivity index (χ1n) is 10.2. The highest BCUT2D eigenvalue weighted by Gasteiger charge is 2.27. The Morgan fingerprint density at radius 3 is 2.34 bits per heavy atom. The fourth-order valence-electron chi connectivity index (χ4n) is 3.70. The molecule has 0 aromatic heterocycles. The zero-order valence-electron chi connectivity index (χ0n) is 16.6. The number of hydrogen-bond donors (Lipinski definition) is 5. The SMILES string of the molecule is O=C(O)N[C@@H](CC1CCCCC1)C(=O)N[C@H](CO)CCC(=O)Nc1ccccc1. The summed E-state index contributed by atoms with van der Waals surface area (Å²) >= 11 is 0. The number of para-hydroxylation sites is 1. The Hall–Kier alpha value is -2.61. The molecule has 8 nitrogen and oxygen atoms in total. The molecule has 1 saturated carbocycles. The molecule has 8 heteroatoms. The predicted octanol–water partition coefficient (Wildman–Crippen LogP) is 2.49. The largest absolute Gasteiger partial charge is 0.465 e. The normalized spacial score (nSPS) is 16.4. The van der Waals surface area contributed by atoms with Gasteiger partial charge in [0.2, 0.25) is 11.8 Å². The van der Waals surface area contributed by atoms with Crippen LogP contribution in [0.2, 0.25) is 0 Å². The van der Waals surface area contributed by atoms with Crippen molar-refractivity contribution >= 4 is 23.6 Å². The van der Waals surface area contributed by atoms with Gasteiger partial charge in [-0.25, -0.2) is 4.79 Å². The monoisotopic (exact) mass is 405 g/mol. The minimum Gasteiger partial charge on any atom is -0.465 e. The van der Waals surface area contributed by atoms with Gasteiger partial charge >= 0.3 is 6.09 Å². The third kappa shape index (κ3) is 8.51. The molecule has 1 aromatic rings. The van der Waals surface area contributed by atoms with E-state index in [1.54, 1.807) is 12.1 Å². The maximum atomic E-state index is 12.6. The Kier molecular flexibility index (Phi) is 9.43. The molecular formula is C21H31N3O5. The molecule has 3 amide bonds. The molecule has 2 rings (SSSR count). The zero-order chi connectivity index (χ0) is 21.1. The molecule has 0 bridgehead atoms. The second-order valence-electron chi connectivity index (χ2n) is 7.58. The number of benzene rings is 1. The van der Waals surface area contributed by atoms with Crippen LogP contribution in [0.25, 0.3) is 0 Å². The third-order valence-electron chi connectivity index (χ3n) is 5.25. The number of aliphatic hydroxyl groups is 1. The number of carbonyl (C=O) groups excluding carboxylic acids is 2. The molecule has 0 radical (unpaired) electrons. The molecule has 0 spiro atoms. The van der Waals surface area contributed by atoms with Gasteiger partial charge in [-0.15, -0.1) is 0 Å². The smallest absolute Gasteiger partial charge is 0.405 e. The highest BCUT2D eigenvalue weighted by atomic mass is 16.4. The molecule has 2 atom stereocenters. The first kappa shape index (κ1) is 22.7. The Morgan fingerprint density at radius 2 is 1.72 bits per heavy atom. The van der Waals surface area contributed by atoms with Crippen molar-refractivity contribution in [3.05, 3.63) is 30.3 Å². The van der Waals surface area contributed by atoms with Gasteiger partial charge in [0.05, 0.1) is 12.6 Å². The fraction of sp³-hybridized carbons (Fsp3) is 0.571. The van der Waals surface area contributed by atoms with Crippen molar-refractivity contribution in [1.29, 1.82) is 0 Å². The lowest BCUT2D eigenvalue weighted by atomic mass is 9.84. The number of hydrogen-bond acceptors (Lipinski definition) is 4. The van der Waals surface area contributed by atoms with E-state index in [0.717, 1.165) is 25.7 Å². The average Bonchev–Trinajstić information content (AvgIpc) is 2.71. The van der Waals surface area contributed by atoms with E-state index in [1.165, 1.54) is 6.42 Å². The standard InChI is InChI=1S/C21H31N3O5/c25-14-17(11-12-19(26)22-16-9-5-2-6-10-16)23-20(27)18(24-21(28)29)13-15-7-3-1-4-8-15/h2,5-6,9-10,15,17-18,24-25H,1,3-4,7-8,11-14H2,(H,22,26)(H,23,27)(H,28,29)/t17-,18-/m0/s1. The highest BCUT2D eigenvalue weighted by Crippen LogP contribution is 2.27. The summed E-state index contributed by atoms with van der Waals surface area (Å²) in [5.41, 5.74) is 0.681. The van der Waals surface area contributed by atoms with Crippen LogP contribution in [0.15, 0.2) is 30.3 Å². The second-order valence-corrected chi connectivity index (χ2v) is 7.58. The number of aliphatic hydroxyl groups excluding tert-OH is 1. The van der Waals surface area contributed by atoms with Crippen LogP contribution in [0.3, 0.4) is 0 Å². The van der Waals surface area contributed by atoms with E-state index in [1.807, 2.05) is 18.2 Å². The molecule has 0 aliphatic heterocycles. The summed E-state index contributed by atoms with van der Waals surface area (Å²) in [6.45, 7) is -0.326. The van der Waals surface area contributed by atoms with Gasteiger partial charge in [0, 0.05) is 12.1 Å². The molecule has 1 aromatic carbocycles. The fourth-order valence-corrected chi connectivity index (χ4v) is 3.70. The first-order chi connectivity index (χ1) is 14.0. The van der Waals surface area contributed by atoms with Crippen molar-refractivity contribution in [1.82, 2.24) is 10.6 Å². The number of rotatable bonds is 10. The highest BCUT2D eigenvalue weighted by molar-refractivity contribution is 5.90. The van der Waals surface area contributed by atoms with Crippen LogP contribution in [0.1, 0.15) is 51.4 Å². The van der Waals surface area contributed by atoms with E-state index in [0.29, 0.717) is 18.0 Å². The summed E-state index contributed by atoms with van der Waals surface area (Å²) in [5.74, 6) is -0.359. The number of carbonyl (C=O) groups is 3. The van der Waals surface area contributed by atoms with Crippen molar-refractivity contribution in [2.75, 3.05) is 11.9 Å². The summed E-state index contributed by atoms with van der Waals surface area (Å²) in [6, 6.07) is 7.55. The van der Waals surface area contributed by atoms with Crippen LogP contribution in [-0.2, 0) is 9.59 Å². The van der Waals surface area contributed by atoms with Crippen LogP contribution in [0.5, 0.6) is 0 Å². The lowest BCUT2D eigenvalue weighted by Crippen LogP contribution is -2.51. The molecular weight excluding hydrogens is 374 g/mol. The number of carboxylic acid groups (broad SMARTS) is 1. The van der Waals surface area contributed by atoms with Gasteiger partial charge in [0.25, 0.3) is 0 Å². The summed E-state index contributed by atoms with van der Waals surface area (Å²) in [5, 5.41) is 26.4. The van der Waals surface area contributed by atoms with E-state index < -0.39 is 24.1 Å². The van der Waals surface area contributed by atoms with Gasteiger partial charge in [-0.2, -0.15) is 0 Å². The van der Waals surface area contributed by atoms with E-state index in [2.05, 4.69) is 16.0 Å². The van der Waals surface area contributed by atoms with Gasteiger partial charge < -0.3 is 26.2 Å². The Balaban J connectivity index is 1.84. The summed E-state index contributed by atoms with van der Waals surface area (Å²) < 4.78 is 0. The Morgan fingerprint density at radius 1 is 1.03 bits per heavy atom. The quantitative estimate of drug-likeness (QED) is 0.409. The molecule has 1 aliphatic rings. The molecule has 1 fully saturated rings. The summed E-state index contributed by atoms with van der Waals surface area (Å²) in [4.78, 5) is 35.8. The van der Waals surface area contributed by atoms with Crippen LogP contribution >= 0.6 is 0 Å². The average molecular weight is 405 g/mol. The Bertz CT molecular complexity index is 662. The molecule has 0 saturated heterocycles. The number of anilines is 1. The van der Waals surface area contributed by atoms with Crippen LogP contribution < -0.4 is 16.0 Å². The minimum atomic E-state index is -1.25. The first-order valence-corrected chi connectivity index (χ1v) is 10.2. The van der Waals surface area contributed by atoms with Gasteiger partial charge in [-0.1, -0.05) is 50.3 Å². The third-order valence-corrected chi connectivity index (χ3v) is 5.25. The van der Waals surface area contributed by atoms with Crippen LogP contribution in [0, 0.1) is 5.92 Å². The van der Waals surface area contributed by atoms with E-state index in [9.17, 15) is 19.5 Å². The molecule has 0 heterocycles. The van der Waals surface area contributed by atoms with Gasteiger partial charge in [0.15, 0.2) is 0 Å². The summed E-state index contributed by atoms with van der Waals surface area (Å²) in [7, 11) is 0. The zero-order valence-corrected chi connectivity index (χ0v) is 16.6. The number of amides is 3. The van der Waals surface area contributed by atoms with Gasteiger partial charge in [0.1, 0.15) is 6.04 Å².